The molecule has 1 aliphatic rings. The first-order chi connectivity index (χ1) is 9.92. The van der Waals surface area contributed by atoms with Crippen LogP contribution in [0.1, 0.15) is 25.5 Å². The van der Waals surface area contributed by atoms with Crippen molar-refractivity contribution in [3.8, 4) is 0 Å². The maximum absolute atomic E-state index is 12.5. The lowest BCUT2D eigenvalue weighted by Crippen LogP contribution is -2.52. The van der Waals surface area contributed by atoms with Crippen LogP contribution in [0.15, 0.2) is 30.3 Å². The van der Waals surface area contributed by atoms with Crippen molar-refractivity contribution in [2.45, 2.75) is 32.1 Å². The fourth-order valence-electron chi connectivity index (χ4n) is 2.48. The van der Waals surface area contributed by atoms with Crippen LogP contribution in [0, 0.1) is 0 Å². The van der Waals surface area contributed by atoms with Gasteiger partial charge >= 0.3 is 0 Å². The predicted molar refractivity (Wildman–Crippen MR) is 79.9 cm³/mol. The molecule has 0 amide bonds. The van der Waals surface area contributed by atoms with Gasteiger partial charge in [0.1, 0.15) is 0 Å². The third kappa shape index (κ3) is 4.24. The number of ether oxygens (including phenoxy) is 1. The summed E-state index contributed by atoms with van der Waals surface area (Å²) in [6.45, 7) is 4.02. The minimum absolute atomic E-state index is 0.144. The van der Waals surface area contributed by atoms with Gasteiger partial charge in [0.2, 0.25) is 0 Å². The molecule has 3 unspecified atom stereocenters. The molecule has 1 heterocycles. The standard InChI is InChI=1S/C14H22N2O4S/c1-11-8-16(9-12(2)20-11)21(18,19)15-14(10-17)13-6-4-3-5-7-13/h3-7,11-12,14-15,17H,8-10H2,1-2H3. The molecular formula is C14H22N2O4S. The maximum Gasteiger partial charge on any atom is 0.280 e. The van der Waals surface area contributed by atoms with Crippen LogP contribution >= 0.6 is 0 Å². The molecule has 0 spiro atoms. The van der Waals surface area contributed by atoms with Crippen LogP contribution in [0.25, 0.3) is 0 Å². The second-order valence-electron chi connectivity index (χ2n) is 5.34. The average Bonchev–Trinajstić information content (AvgIpc) is 2.45. The highest BCUT2D eigenvalue weighted by Gasteiger charge is 2.32. The van der Waals surface area contributed by atoms with Gasteiger partial charge < -0.3 is 9.84 Å². The summed E-state index contributed by atoms with van der Waals surface area (Å²) in [4.78, 5) is 0. The van der Waals surface area contributed by atoms with Crippen LogP contribution in [0.3, 0.4) is 0 Å². The van der Waals surface area contributed by atoms with Gasteiger partial charge in [0.25, 0.3) is 10.2 Å². The van der Waals surface area contributed by atoms with Crippen molar-refractivity contribution in [1.29, 1.82) is 0 Å². The Kier molecular flexibility index (Phi) is 5.34. The molecule has 0 aromatic heterocycles. The number of hydrogen-bond donors (Lipinski definition) is 2. The van der Waals surface area contributed by atoms with E-state index in [4.69, 9.17) is 4.74 Å². The molecule has 1 aromatic carbocycles. The van der Waals surface area contributed by atoms with E-state index in [1.807, 2.05) is 32.0 Å². The molecule has 0 aliphatic carbocycles. The minimum atomic E-state index is -3.67. The third-order valence-corrected chi connectivity index (χ3v) is 4.96. The fourth-order valence-corrected chi connectivity index (χ4v) is 4.01. The van der Waals surface area contributed by atoms with E-state index in [0.29, 0.717) is 13.1 Å². The number of hydrogen-bond acceptors (Lipinski definition) is 4. The van der Waals surface area contributed by atoms with Crippen molar-refractivity contribution in [3.63, 3.8) is 0 Å². The van der Waals surface area contributed by atoms with Crippen LogP contribution < -0.4 is 4.72 Å². The monoisotopic (exact) mass is 314 g/mol. The van der Waals surface area contributed by atoms with Crippen molar-refractivity contribution in [1.82, 2.24) is 9.03 Å². The summed E-state index contributed by atoms with van der Waals surface area (Å²) in [6.07, 6.45) is -0.288. The first kappa shape index (κ1) is 16.4. The van der Waals surface area contributed by atoms with Gasteiger partial charge in [-0.3, -0.25) is 0 Å². The van der Waals surface area contributed by atoms with Crippen LogP contribution in [0.2, 0.25) is 0 Å². The van der Waals surface area contributed by atoms with Crippen molar-refractivity contribution < 1.29 is 18.3 Å². The molecule has 6 nitrogen and oxygen atoms in total. The molecular weight excluding hydrogens is 292 g/mol. The molecule has 1 fully saturated rings. The number of nitrogens with one attached hydrogen (secondary N) is 1. The molecule has 0 radical (unpaired) electrons. The molecule has 1 saturated heterocycles. The van der Waals surface area contributed by atoms with Crippen molar-refractivity contribution >= 4 is 10.2 Å². The van der Waals surface area contributed by atoms with Crippen molar-refractivity contribution in [3.05, 3.63) is 35.9 Å². The molecule has 0 saturated carbocycles. The smallest absolute Gasteiger partial charge is 0.280 e. The Balaban J connectivity index is 2.12. The Labute approximate surface area is 125 Å². The van der Waals surface area contributed by atoms with Crippen molar-refractivity contribution in [2.24, 2.45) is 0 Å². The zero-order valence-electron chi connectivity index (χ0n) is 12.3. The summed E-state index contributed by atoms with van der Waals surface area (Å²) in [7, 11) is -3.67. The molecule has 7 heteroatoms. The van der Waals surface area contributed by atoms with Gasteiger partial charge in [-0.1, -0.05) is 30.3 Å². The molecule has 2 N–H and O–H groups in total. The summed E-state index contributed by atoms with van der Waals surface area (Å²) in [5.41, 5.74) is 0.734. The second kappa shape index (κ2) is 6.85. The zero-order chi connectivity index (χ0) is 15.5. The quantitative estimate of drug-likeness (QED) is 0.837. The van der Waals surface area contributed by atoms with Gasteiger partial charge in [0, 0.05) is 13.1 Å². The summed E-state index contributed by atoms with van der Waals surface area (Å²) in [6, 6.07) is 8.39. The van der Waals surface area contributed by atoms with Crippen LogP contribution in [-0.4, -0.2) is 49.7 Å². The highest BCUT2D eigenvalue weighted by Crippen LogP contribution is 2.18. The Morgan fingerprint density at radius 2 is 1.86 bits per heavy atom. The van der Waals surface area contributed by atoms with Gasteiger partial charge in [-0.05, 0) is 19.4 Å². The average molecular weight is 314 g/mol. The SMILES string of the molecule is CC1CN(S(=O)(=O)NC(CO)c2ccccc2)CC(C)O1. The Bertz CT molecular complexity index is 539. The van der Waals surface area contributed by atoms with E-state index in [-0.39, 0.29) is 18.8 Å². The molecule has 1 aromatic rings. The number of nitrogens with zero attached hydrogens (tertiary/aromatic N) is 1. The summed E-state index contributed by atoms with van der Waals surface area (Å²) < 4.78 is 34.4. The summed E-state index contributed by atoms with van der Waals surface area (Å²) in [5.74, 6) is 0. The number of benzene rings is 1. The Morgan fingerprint density at radius 1 is 1.29 bits per heavy atom. The number of morpholine rings is 1. The molecule has 2 rings (SSSR count). The highest BCUT2D eigenvalue weighted by molar-refractivity contribution is 7.87. The topological polar surface area (TPSA) is 78.9 Å². The van der Waals surface area contributed by atoms with Crippen LogP contribution in [-0.2, 0) is 14.9 Å². The Morgan fingerprint density at radius 3 is 2.38 bits per heavy atom. The van der Waals surface area contributed by atoms with Crippen LogP contribution in [0.4, 0.5) is 0 Å². The summed E-state index contributed by atoms with van der Waals surface area (Å²) in [5, 5.41) is 9.47. The normalized spacial score (nSPS) is 25.7. The lowest BCUT2D eigenvalue weighted by atomic mass is 10.1. The van der Waals surface area contributed by atoms with Gasteiger partial charge in [-0.25, -0.2) is 0 Å². The largest absolute Gasteiger partial charge is 0.394 e. The van der Waals surface area contributed by atoms with Gasteiger partial charge in [0.15, 0.2) is 0 Å². The predicted octanol–water partition coefficient (Wildman–Crippen LogP) is 0.664. The number of aliphatic hydroxyl groups excluding tert-OH is 1. The fraction of sp³-hybridized carbons (Fsp3) is 0.571. The number of aliphatic hydroxyl groups is 1. The molecule has 118 valence electrons. The van der Waals surface area contributed by atoms with E-state index in [1.165, 1.54) is 4.31 Å². The number of rotatable bonds is 5. The maximum atomic E-state index is 12.5. The van der Waals surface area contributed by atoms with Gasteiger partial charge in [-0.15, -0.1) is 0 Å². The summed E-state index contributed by atoms with van der Waals surface area (Å²) >= 11 is 0. The van der Waals surface area contributed by atoms with E-state index < -0.39 is 16.3 Å². The second-order valence-corrected chi connectivity index (χ2v) is 7.05. The molecule has 21 heavy (non-hydrogen) atoms. The van der Waals surface area contributed by atoms with E-state index in [9.17, 15) is 13.5 Å². The minimum Gasteiger partial charge on any atom is -0.394 e. The van der Waals surface area contributed by atoms with E-state index in [2.05, 4.69) is 4.72 Å². The first-order valence-electron chi connectivity index (χ1n) is 7.01. The van der Waals surface area contributed by atoms with Crippen molar-refractivity contribution in [2.75, 3.05) is 19.7 Å². The van der Waals surface area contributed by atoms with E-state index in [0.717, 1.165) is 5.56 Å². The first-order valence-corrected chi connectivity index (χ1v) is 8.45. The van der Waals surface area contributed by atoms with Crippen LogP contribution in [0.5, 0.6) is 0 Å². The van der Waals surface area contributed by atoms with E-state index >= 15 is 0 Å². The van der Waals surface area contributed by atoms with Gasteiger partial charge in [-0.2, -0.15) is 17.4 Å². The van der Waals surface area contributed by atoms with E-state index in [1.54, 1.807) is 12.1 Å². The third-order valence-electron chi connectivity index (χ3n) is 3.40. The van der Waals surface area contributed by atoms with Gasteiger partial charge in [0.05, 0.1) is 24.9 Å². The lowest BCUT2D eigenvalue weighted by molar-refractivity contribution is -0.0445. The lowest BCUT2D eigenvalue weighted by Gasteiger charge is -2.35. The molecule has 0 bridgehead atoms. The molecule has 1 aliphatic heterocycles. The molecule has 3 atom stereocenters. The Hall–Kier alpha value is -0.990. The zero-order valence-corrected chi connectivity index (χ0v) is 13.1. The highest BCUT2D eigenvalue weighted by atomic mass is 32.2.